The van der Waals surface area contributed by atoms with E-state index in [9.17, 15) is 8.42 Å². The van der Waals surface area contributed by atoms with E-state index in [1.165, 1.54) is 4.88 Å². The summed E-state index contributed by atoms with van der Waals surface area (Å²) in [7, 11) is -0.776. The van der Waals surface area contributed by atoms with Crippen LogP contribution in [0, 0.1) is 0 Å². The summed E-state index contributed by atoms with van der Waals surface area (Å²) in [5, 5.41) is 0. The molecular formula is C10H14BrNO2S2. The monoisotopic (exact) mass is 323 g/mol. The van der Waals surface area contributed by atoms with E-state index in [1.807, 2.05) is 13.1 Å². The molecule has 1 aliphatic heterocycles. The molecule has 90 valence electrons. The Labute approximate surface area is 109 Å². The Bertz CT molecular complexity index is 469. The minimum absolute atomic E-state index is 0.186. The lowest BCUT2D eigenvalue weighted by molar-refractivity contribution is 0.256. The van der Waals surface area contributed by atoms with E-state index in [0.717, 1.165) is 16.8 Å². The van der Waals surface area contributed by atoms with Gasteiger partial charge in [0.15, 0.2) is 9.84 Å². The average Bonchev–Trinajstić information content (AvgIpc) is 2.72. The van der Waals surface area contributed by atoms with Gasteiger partial charge >= 0.3 is 0 Å². The van der Waals surface area contributed by atoms with E-state index in [1.54, 1.807) is 11.3 Å². The fourth-order valence-electron chi connectivity index (χ4n) is 1.93. The van der Waals surface area contributed by atoms with Gasteiger partial charge in [-0.3, -0.25) is 4.90 Å². The topological polar surface area (TPSA) is 37.4 Å². The Morgan fingerprint density at radius 3 is 2.81 bits per heavy atom. The summed E-state index contributed by atoms with van der Waals surface area (Å²) in [6.07, 6.45) is 0.769. The molecule has 1 atom stereocenters. The van der Waals surface area contributed by atoms with Gasteiger partial charge in [-0.05, 0) is 41.5 Å². The average molecular weight is 324 g/mol. The van der Waals surface area contributed by atoms with Crippen molar-refractivity contribution in [3.8, 4) is 0 Å². The van der Waals surface area contributed by atoms with Crippen molar-refractivity contribution in [3.63, 3.8) is 0 Å². The first-order valence-electron chi connectivity index (χ1n) is 5.11. The Hall–Kier alpha value is 0.0900. The second-order valence-corrected chi connectivity index (χ2v) is 8.95. The van der Waals surface area contributed by atoms with Crippen LogP contribution < -0.4 is 0 Å². The van der Waals surface area contributed by atoms with E-state index in [0.29, 0.717) is 11.5 Å². The lowest BCUT2D eigenvalue weighted by Crippen LogP contribution is -2.31. The van der Waals surface area contributed by atoms with Crippen molar-refractivity contribution in [2.24, 2.45) is 0 Å². The van der Waals surface area contributed by atoms with Crippen molar-refractivity contribution >= 4 is 37.1 Å². The van der Waals surface area contributed by atoms with Gasteiger partial charge < -0.3 is 0 Å². The van der Waals surface area contributed by atoms with Crippen LogP contribution in [0.3, 0.4) is 0 Å². The quantitative estimate of drug-likeness (QED) is 0.855. The van der Waals surface area contributed by atoms with Gasteiger partial charge in [0.25, 0.3) is 0 Å². The molecule has 3 nitrogen and oxygen atoms in total. The highest BCUT2D eigenvalue weighted by Gasteiger charge is 2.30. The third kappa shape index (κ3) is 3.06. The molecule has 1 aliphatic rings. The summed E-state index contributed by atoms with van der Waals surface area (Å²) in [5.41, 5.74) is 0. The fourth-order valence-corrected chi connectivity index (χ4v) is 5.29. The lowest BCUT2D eigenvalue weighted by atomic mass is 10.2. The van der Waals surface area contributed by atoms with E-state index >= 15 is 0 Å². The molecule has 0 unspecified atom stereocenters. The first kappa shape index (κ1) is 12.5. The van der Waals surface area contributed by atoms with Crippen molar-refractivity contribution in [1.29, 1.82) is 0 Å². The third-order valence-corrected chi connectivity index (χ3v) is 6.22. The van der Waals surface area contributed by atoms with Gasteiger partial charge in [0, 0.05) is 17.5 Å². The van der Waals surface area contributed by atoms with Crippen LogP contribution >= 0.6 is 27.3 Å². The van der Waals surface area contributed by atoms with Gasteiger partial charge in [0.05, 0.1) is 15.3 Å². The molecule has 0 spiro atoms. The Balaban J connectivity index is 1.96. The summed E-state index contributed by atoms with van der Waals surface area (Å²) in [6.45, 7) is 0.830. The molecule has 1 aromatic heterocycles. The van der Waals surface area contributed by atoms with Crippen LogP contribution in [0.1, 0.15) is 11.3 Å². The molecule has 6 heteroatoms. The van der Waals surface area contributed by atoms with Gasteiger partial charge in [0.1, 0.15) is 0 Å². The number of nitrogens with zero attached hydrogens (tertiary/aromatic N) is 1. The van der Waals surface area contributed by atoms with E-state index in [2.05, 4.69) is 26.9 Å². The van der Waals surface area contributed by atoms with Gasteiger partial charge in [-0.25, -0.2) is 8.42 Å². The van der Waals surface area contributed by atoms with Crippen molar-refractivity contribution in [2.75, 3.05) is 18.6 Å². The van der Waals surface area contributed by atoms with Crippen LogP contribution in [0.5, 0.6) is 0 Å². The van der Waals surface area contributed by atoms with E-state index in [-0.39, 0.29) is 6.04 Å². The van der Waals surface area contributed by atoms with E-state index < -0.39 is 9.84 Å². The molecule has 2 rings (SSSR count). The lowest BCUT2D eigenvalue weighted by Gasteiger charge is -2.22. The van der Waals surface area contributed by atoms with Crippen LogP contribution in [0.4, 0.5) is 0 Å². The molecule has 0 aromatic carbocycles. The summed E-state index contributed by atoms with van der Waals surface area (Å²) >= 11 is 5.13. The molecule has 2 heterocycles. The second-order valence-electron chi connectivity index (χ2n) is 4.18. The molecule has 1 saturated heterocycles. The summed E-state index contributed by atoms with van der Waals surface area (Å²) in [5.74, 6) is 0.659. The van der Waals surface area contributed by atoms with Crippen LogP contribution in [0.25, 0.3) is 0 Å². The normalized spacial score (nSPS) is 24.1. The zero-order chi connectivity index (χ0) is 11.8. The second kappa shape index (κ2) is 4.76. The van der Waals surface area contributed by atoms with Crippen LogP contribution in [-0.4, -0.2) is 37.9 Å². The van der Waals surface area contributed by atoms with Crippen molar-refractivity contribution in [3.05, 3.63) is 20.8 Å². The zero-order valence-corrected chi connectivity index (χ0v) is 12.2. The SMILES string of the molecule is CN(Cc1ccc(Br)s1)[C@H]1CCS(=O)(=O)C1. The fraction of sp³-hybridized carbons (Fsp3) is 0.600. The predicted molar refractivity (Wildman–Crippen MR) is 70.5 cm³/mol. The Kier molecular flexibility index (Phi) is 3.73. The summed E-state index contributed by atoms with van der Waals surface area (Å²) in [4.78, 5) is 3.40. The number of halogens is 1. The Morgan fingerprint density at radius 1 is 1.56 bits per heavy atom. The highest BCUT2D eigenvalue weighted by molar-refractivity contribution is 9.11. The molecular weight excluding hydrogens is 310 g/mol. The molecule has 16 heavy (non-hydrogen) atoms. The molecule has 0 radical (unpaired) electrons. The number of rotatable bonds is 3. The minimum Gasteiger partial charge on any atom is -0.297 e. The largest absolute Gasteiger partial charge is 0.297 e. The molecule has 1 fully saturated rings. The minimum atomic E-state index is -2.78. The maximum Gasteiger partial charge on any atom is 0.151 e. The number of hydrogen-bond acceptors (Lipinski definition) is 4. The summed E-state index contributed by atoms with van der Waals surface area (Å²) in [6, 6.07) is 4.29. The third-order valence-electron chi connectivity index (χ3n) is 2.87. The van der Waals surface area contributed by atoms with Crippen molar-refractivity contribution in [2.45, 2.75) is 19.0 Å². The molecule has 0 amide bonds. The maximum atomic E-state index is 11.4. The number of sulfone groups is 1. The first-order chi connectivity index (χ1) is 7.46. The van der Waals surface area contributed by atoms with E-state index in [4.69, 9.17) is 0 Å². The van der Waals surface area contributed by atoms with Crippen LogP contribution in [-0.2, 0) is 16.4 Å². The van der Waals surface area contributed by atoms with Crippen LogP contribution in [0.2, 0.25) is 0 Å². The van der Waals surface area contributed by atoms with Gasteiger partial charge in [-0.1, -0.05) is 0 Å². The smallest absolute Gasteiger partial charge is 0.151 e. The molecule has 0 aliphatic carbocycles. The molecule has 1 aromatic rings. The molecule has 0 bridgehead atoms. The first-order valence-corrected chi connectivity index (χ1v) is 8.54. The summed E-state index contributed by atoms with van der Waals surface area (Å²) < 4.78 is 23.9. The maximum absolute atomic E-state index is 11.4. The van der Waals surface area contributed by atoms with Gasteiger partial charge in [-0.15, -0.1) is 11.3 Å². The highest BCUT2D eigenvalue weighted by Crippen LogP contribution is 2.25. The molecule has 0 saturated carbocycles. The standard InChI is InChI=1S/C10H14BrNO2S2/c1-12(6-9-2-3-10(11)15-9)8-4-5-16(13,14)7-8/h2-3,8H,4-7H2,1H3/t8-/m0/s1. The van der Waals surface area contributed by atoms with Gasteiger partial charge in [-0.2, -0.15) is 0 Å². The predicted octanol–water partition coefficient (Wildman–Crippen LogP) is 2.13. The zero-order valence-electron chi connectivity index (χ0n) is 9.02. The molecule has 0 N–H and O–H groups in total. The van der Waals surface area contributed by atoms with Gasteiger partial charge in [0.2, 0.25) is 0 Å². The highest BCUT2D eigenvalue weighted by atomic mass is 79.9. The van der Waals surface area contributed by atoms with Crippen molar-refractivity contribution in [1.82, 2.24) is 4.90 Å². The number of hydrogen-bond donors (Lipinski definition) is 0. The van der Waals surface area contributed by atoms with Crippen molar-refractivity contribution < 1.29 is 8.42 Å². The Morgan fingerprint density at radius 2 is 2.31 bits per heavy atom. The number of thiophene rings is 1. The van der Waals surface area contributed by atoms with Crippen LogP contribution in [0.15, 0.2) is 15.9 Å².